The van der Waals surface area contributed by atoms with Gasteiger partial charge in [0.1, 0.15) is 16.4 Å². The van der Waals surface area contributed by atoms with E-state index in [4.69, 9.17) is 21.1 Å². The molecule has 0 aromatic heterocycles. The van der Waals surface area contributed by atoms with Crippen LogP contribution in [0.25, 0.3) is 0 Å². The van der Waals surface area contributed by atoms with Gasteiger partial charge in [-0.05, 0) is 49.2 Å². The minimum absolute atomic E-state index is 0.0260. The third-order valence-corrected chi connectivity index (χ3v) is 6.99. The van der Waals surface area contributed by atoms with Crippen LogP contribution in [0, 0.1) is 5.92 Å². The van der Waals surface area contributed by atoms with Crippen LogP contribution in [-0.4, -0.2) is 45.9 Å². The number of hydrogen-bond acceptors (Lipinski definition) is 5. The summed E-state index contributed by atoms with van der Waals surface area (Å²) in [6.07, 6.45) is 1.20. The molecule has 1 aliphatic heterocycles. The molecule has 156 valence electrons. The van der Waals surface area contributed by atoms with Crippen molar-refractivity contribution < 1.29 is 22.7 Å². The number of nitrogens with zero attached hydrogens (tertiary/aromatic N) is 1. The number of carbonyl (C=O) groups excluding carboxylic acids is 1. The molecule has 1 fully saturated rings. The first kappa shape index (κ1) is 21.4. The summed E-state index contributed by atoms with van der Waals surface area (Å²) in [5.41, 5.74) is 0.619. The van der Waals surface area contributed by atoms with Gasteiger partial charge < -0.3 is 14.8 Å². The molecule has 1 saturated heterocycles. The summed E-state index contributed by atoms with van der Waals surface area (Å²) in [6, 6.07) is 11.4. The van der Waals surface area contributed by atoms with Gasteiger partial charge in [0.15, 0.2) is 0 Å². The molecule has 1 atom stereocenters. The molecular formula is C20H23ClN2O5S. The number of nitrogens with one attached hydrogen (secondary N) is 1. The number of rotatable bonds is 6. The third-order valence-electron chi connectivity index (χ3n) is 4.86. The number of ether oxygens (including phenoxy) is 2. The maximum atomic E-state index is 13.2. The highest BCUT2D eigenvalue weighted by Gasteiger charge is 2.35. The van der Waals surface area contributed by atoms with Gasteiger partial charge in [-0.3, -0.25) is 4.79 Å². The van der Waals surface area contributed by atoms with Crippen molar-refractivity contribution in [2.45, 2.75) is 17.7 Å². The largest absolute Gasteiger partial charge is 0.497 e. The molecule has 1 amide bonds. The van der Waals surface area contributed by atoms with Gasteiger partial charge >= 0.3 is 0 Å². The summed E-state index contributed by atoms with van der Waals surface area (Å²) >= 11 is 5.87. The quantitative estimate of drug-likeness (QED) is 0.747. The van der Waals surface area contributed by atoms with Crippen LogP contribution in [0.5, 0.6) is 11.5 Å². The predicted octanol–water partition coefficient (Wildman–Crippen LogP) is 3.40. The van der Waals surface area contributed by atoms with Gasteiger partial charge in [0.25, 0.3) is 0 Å². The van der Waals surface area contributed by atoms with E-state index in [1.54, 1.807) is 36.4 Å². The van der Waals surface area contributed by atoms with Crippen molar-refractivity contribution in [2.75, 3.05) is 32.6 Å². The lowest BCUT2D eigenvalue weighted by Crippen LogP contribution is -2.43. The molecule has 7 nitrogen and oxygen atoms in total. The second-order valence-electron chi connectivity index (χ2n) is 6.72. The minimum atomic E-state index is -3.85. The zero-order valence-corrected chi connectivity index (χ0v) is 17.8. The lowest BCUT2D eigenvalue weighted by molar-refractivity contribution is -0.120. The number of benzene rings is 2. The number of amides is 1. The van der Waals surface area contributed by atoms with E-state index in [1.165, 1.54) is 24.6 Å². The first-order valence-electron chi connectivity index (χ1n) is 9.13. The van der Waals surface area contributed by atoms with Crippen LogP contribution in [0.15, 0.2) is 47.4 Å². The Morgan fingerprint density at radius 1 is 1.14 bits per heavy atom. The van der Waals surface area contributed by atoms with E-state index in [0.29, 0.717) is 35.8 Å². The molecule has 1 heterocycles. The molecule has 2 aromatic rings. The second-order valence-corrected chi connectivity index (χ2v) is 9.06. The number of methoxy groups -OCH3 is 2. The fourth-order valence-electron chi connectivity index (χ4n) is 3.28. The molecule has 0 aliphatic carbocycles. The Labute approximate surface area is 175 Å². The van der Waals surface area contributed by atoms with Gasteiger partial charge in [-0.1, -0.05) is 11.6 Å². The van der Waals surface area contributed by atoms with E-state index < -0.39 is 15.9 Å². The monoisotopic (exact) mass is 438 g/mol. The van der Waals surface area contributed by atoms with Crippen LogP contribution in [0.2, 0.25) is 5.02 Å². The molecule has 0 bridgehead atoms. The number of anilines is 1. The number of carbonyl (C=O) groups is 1. The number of hydrogen-bond donors (Lipinski definition) is 1. The van der Waals surface area contributed by atoms with Gasteiger partial charge in [0.2, 0.25) is 15.9 Å². The van der Waals surface area contributed by atoms with E-state index >= 15 is 0 Å². The van der Waals surface area contributed by atoms with Gasteiger partial charge in [-0.25, -0.2) is 8.42 Å². The normalized spacial score (nSPS) is 17.6. The Morgan fingerprint density at radius 3 is 2.52 bits per heavy atom. The smallest absolute Gasteiger partial charge is 0.246 e. The third kappa shape index (κ3) is 4.83. The summed E-state index contributed by atoms with van der Waals surface area (Å²) in [4.78, 5) is 12.7. The first-order chi connectivity index (χ1) is 13.8. The highest BCUT2D eigenvalue weighted by atomic mass is 35.5. The van der Waals surface area contributed by atoms with Crippen LogP contribution in [0.4, 0.5) is 5.69 Å². The van der Waals surface area contributed by atoms with E-state index in [1.807, 2.05) is 0 Å². The lowest BCUT2D eigenvalue weighted by Gasteiger charge is -2.31. The topological polar surface area (TPSA) is 84.9 Å². The van der Waals surface area contributed by atoms with Gasteiger partial charge in [0.05, 0.1) is 20.1 Å². The van der Waals surface area contributed by atoms with Gasteiger partial charge in [-0.2, -0.15) is 4.31 Å². The van der Waals surface area contributed by atoms with Crippen molar-refractivity contribution in [1.29, 1.82) is 0 Å². The summed E-state index contributed by atoms with van der Waals surface area (Å²) in [7, 11) is -0.967. The molecular weight excluding hydrogens is 416 g/mol. The van der Waals surface area contributed by atoms with E-state index in [0.717, 1.165) is 0 Å². The molecule has 3 rings (SSSR count). The van der Waals surface area contributed by atoms with Gasteiger partial charge in [0, 0.05) is 29.9 Å². The number of sulfonamides is 1. The van der Waals surface area contributed by atoms with E-state index in [9.17, 15) is 13.2 Å². The SMILES string of the molecule is COc1ccc(OC)c(S(=O)(=O)N2CCC[C@H](C(=O)Nc3ccc(Cl)cc3)C2)c1. The van der Waals surface area contributed by atoms with Crippen LogP contribution < -0.4 is 14.8 Å². The molecule has 0 spiro atoms. The number of piperidine rings is 1. The fourth-order valence-corrected chi connectivity index (χ4v) is 5.10. The summed E-state index contributed by atoms with van der Waals surface area (Å²) in [6.45, 7) is 0.440. The lowest BCUT2D eigenvalue weighted by atomic mass is 9.99. The van der Waals surface area contributed by atoms with Crippen molar-refractivity contribution in [3.05, 3.63) is 47.5 Å². The Morgan fingerprint density at radius 2 is 1.86 bits per heavy atom. The summed E-state index contributed by atoms with van der Waals surface area (Å²) < 4.78 is 38.2. The van der Waals surface area contributed by atoms with Crippen LogP contribution in [0.1, 0.15) is 12.8 Å². The average molecular weight is 439 g/mol. The maximum absolute atomic E-state index is 13.2. The molecule has 0 radical (unpaired) electrons. The molecule has 9 heteroatoms. The summed E-state index contributed by atoms with van der Waals surface area (Å²) in [5.74, 6) is -0.0207. The zero-order chi connectivity index (χ0) is 21.0. The van der Waals surface area contributed by atoms with Crippen molar-refractivity contribution in [3.8, 4) is 11.5 Å². The molecule has 0 saturated carbocycles. The number of halogens is 1. The molecule has 1 N–H and O–H groups in total. The molecule has 29 heavy (non-hydrogen) atoms. The Kier molecular flexibility index (Phi) is 6.66. The van der Waals surface area contributed by atoms with E-state index in [2.05, 4.69) is 5.32 Å². The van der Waals surface area contributed by atoms with Crippen molar-refractivity contribution in [1.82, 2.24) is 4.31 Å². The predicted molar refractivity (Wildman–Crippen MR) is 111 cm³/mol. The molecule has 1 aliphatic rings. The average Bonchev–Trinajstić information content (AvgIpc) is 2.74. The Balaban J connectivity index is 1.79. The summed E-state index contributed by atoms with van der Waals surface area (Å²) in [5, 5.41) is 3.40. The van der Waals surface area contributed by atoms with Crippen LogP contribution >= 0.6 is 11.6 Å². The van der Waals surface area contributed by atoms with E-state index in [-0.39, 0.29) is 23.1 Å². The standard InChI is InChI=1S/C20H23ClN2O5S/c1-27-17-9-10-18(28-2)19(12-17)29(25,26)23-11-3-4-14(13-23)20(24)22-16-7-5-15(21)6-8-16/h5-10,12,14H,3-4,11,13H2,1-2H3,(H,22,24)/t14-/m0/s1. The minimum Gasteiger partial charge on any atom is -0.497 e. The molecule has 2 aromatic carbocycles. The fraction of sp³-hybridized carbons (Fsp3) is 0.350. The second kappa shape index (κ2) is 9.02. The first-order valence-corrected chi connectivity index (χ1v) is 11.0. The van der Waals surface area contributed by atoms with Crippen LogP contribution in [-0.2, 0) is 14.8 Å². The van der Waals surface area contributed by atoms with Gasteiger partial charge in [-0.15, -0.1) is 0 Å². The zero-order valence-electron chi connectivity index (χ0n) is 16.2. The Hall–Kier alpha value is -2.29. The highest BCUT2D eigenvalue weighted by Crippen LogP contribution is 2.33. The Bertz CT molecular complexity index is 979. The van der Waals surface area contributed by atoms with Crippen molar-refractivity contribution >= 4 is 33.2 Å². The van der Waals surface area contributed by atoms with Crippen LogP contribution in [0.3, 0.4) is 0 Å². The van der Waals surface area contributed by atoms with Crippen molar-refractivity contribution in [3.63, 3.8) is 0 Å². The highest BCUT2D eigenvalue weighted by molar-refractivity contribution is 7.89. The maximum Gasteiger partial charge on any atom is 0.246 e. The van der Waals surface area contributed by atoms with Crippen molar-refractivity contribution in [2.24, 2.45) is 5.92 Å². The molecule has 0 unspecified atom stereocenters.